The number of rotatable bonds is 5. The zero-order valence-electron chi connectivity index (χ0n) is 15.5. The molecule has 0 unspecified atom stereocenters. The Morgan fingerprint density at radius 1 is 1.04 bits per heavy atom. The number of benzene rings is 2. The van der Waals surface area contributed by atoms with Crippen LogP contribution in [0.4, 0.5) is 0 Å². The molecule has 0 spiro atoms. The minimum absolute atomic E-state index is 0.0695. The third-order valence-electron chi connectivity index (χ3n) is 5.20. The Morgan fingerprint density at radius 2 is 1.85 bits per heavy atom. The van der Waals surface area contributed by atoms with Gasteiger partial charge in [0, 0.05) is 19.0 Å². The van der Waals surface area contributed by atoms with Gasteiger partial charge in [-0.1, -0.05) is 36.4 Å². The molecule has 1 N–H and O–H groups in total. The standard InChI is InChI=1S/C22H26N2O3/c25-22(23-15-17-6-2-1-3-7-17)16-24-11-4-8-19(24)18-9-10-20-21(14-18)27-13-5-12-26-20/h1-3,6-7,9-10,14,19H,4-5,8,11-13,15-16H2,(H,23,25)/t19-/m1/s1. The zero-order chi connectivity index (χ0) is 18.5. The SMILES string of the molecule is O=C(CN1CCC[C@@H]1c1ccc2c(c1)OCCCO2)NCc1ccccc1. The number of hydrogen-bond donors (Lipinski definition) is 1. The van der Waals surface area contributed by atoms with E-state index in [9.17, 15) is 4.79 Å². The second-order valence-electron chi connectivity index (χ2n) is 7.15. The Kier molecular flexibility index (Phi) is 5.58. The average molecular weight is 366 g/mol. The highest BCUT2D eigenvalue weighted by atomic mass is 16.5. The number of nitrogens with zero attached hydrogens (tertiary/aromatic N) is 1. The molecule has 1 atom stereocenters. The number of nitrogens with one attached hydrogen (secondary N) is 1. The molecule has 142 valence electrons. The van der Waals surface area contributed by atoms with Gasteiger partial charge in [-0.25, -0.2) is 0 Å². The van der Waals surface area contributed by atoms with Crippen LogP contribution in [0.15, 0.2) is 48.5 Å². The summed E-state index contributed by atoms with van der Waals surface area (Å²) in [5.41, 5.74) is 2.32. The van der Waals surface area contributed by atoms with E-state index < -0.39 is 0 Å². The van der Waals surface area contributed by atoms with E-state index in [2.05, 4.69) is 22.3 Å². The van der Waals surface area contributed by atoms with E-state index in [4.69, 9.17) is 9.47 Å². The molecule has 0 bridgehead atoms. The second-order valence-corrected chi connectivity index (χ2v) is 7.15. The molecule has 4 rings (SSSR count). The van der Waals surface area contributed by atoms with Gasteiger partial charge in [-0.3, -0.25) is 9.69 Å². The van der Waals surface area contributed by atoms with Crippen molar-refractivity contribution in [1.82, 2.24) is 10.2 Å². The second kappa shape index (κ2) is 8.44. The number of carbonyl (C=O) groups excluding carboxylic acids is 1. The van der Waals surface area contributed by atoms with Gasteiger partial charge in [-0.15, -0.1) is 0 Å². The Balaban J connectivity index is 1.38. The van der Waals surface area contributed by atoms with Gasteiger partial charge < -0.3 is 14.8 Å². The fourth-order valence-electron chi connectivity index (χ4n) is 3.82. The first kappa shape index (κ1) is 17.9. The van der Waals surface area contributed by atoms with Gasteiger partial charge in [0.2, 0.25) is 5.91 Å². The molecule has 0 radical (unpaired) electrons. The van der Waals surface area contributed by atoms with Crippen molar-refractivity contribution >= 4 is 5.91 Å². The van der Waals surface area contributed by atoms with Crippen molar-refractivity contribution in [3.63, 3.8) is 0 Å². The number of carbonyl (C=O) groups is 1. The van der Waals surface area contributed by atoms with Crippen LogP contribution in [-0.2, 0) is 11.3 Å². The molecule has 0 aromatic heterocycles. The molecular formula is C22H26N2O3. The third-order valence-corrected chi connectivity index (χ3v) is 5.20. The number of hydrogen-bond acceptors (Lipinski definition) is 4. The number of amides is 1. The minimum atomic E-state index is 0.0695. The van der Waals surface area contributed by atoms with E-state index in [1.54, 1.807) is 0 Å². The van der Waals surface area contributed by atoms with Crippen molar-refractivity contribution in [3.05, 3.63) is 59.7 Å². The van der Waals surface area contributed by atoms with Gasteiger partial charge in [-0.2, -0.15) is 0 Å². The Labute approximate surface area is 160 Å². The number of ether oxygens (including phenoxy) is 2. The van der Waals surface area contributed by atoms with Crippen molar-refractivity contribution in [3.8, 4) is 11.5 Å². The quantitative estimate of drug-likeness (QED) is 0.882. The highest BCUT2D eigenvalue weighted by Crippen LogP contribution is 2.37. The van der Waals surface area contributed by atoms with Crippen LogP contribution in [0.2, 0.25) is 0 Å². The summed E-state index contributed by atoms with van der Waals surface area (Å²) >= 11 is 0. The zero-order valence-corrected chi connectivity index (χ0v) is 15.5. The van der Waals surface area contributed by atoms with Gasteiger partial charge in [-0.05, 0) is 42.6 Å². The van der Waals surface area contributed by atoms with Crippen LogP contribution < -0.4 is 14.8 Å². The highest BCUT2D eigenvalue weighted by Gasteiger charge is 2.28. The van der Waals surface area contributed by atoms with E-state index in [-0.39, 0.29) is 11.9 Å². The lowest BCUT2D eigenvalue weighted by Crippen LogP contribution is -2.36. The summed E-state index contributed by atoms with van der Waals surface area (Å²) in [5.74, 6) is 1.71. The maximum absolute atomic E-state index is 12.4. The molecule has 2 aromatic rings. The summed E-state index contributed by atoms with van der Waals surface area (Å²) < 4.78 is 11.6. The van der Waals surface area contributed by atoms with Gasteiger partial charge in [0.15, 0.2) is 11.5 Å². The van der Waals surface area contributed by atoms with E-state index in [1.807, 2.05) is 36.4 Å². The molecule has 0 saturated carbocycles. The first-order chi connectivity index (χ1) is 13.3. The van der Waals surface area contributed by atoms with E-state index in [1.165, 1.54) is 5.56 Å². The van der Waals surface area contributed by atoms with E-state index >= 15 is 0 Å². The number of likely N-dealkylation sites (tertiary alicyclic amines) is 1. The lowest BCUT2D eigenvalue weighted by molar-refractivity contribution is -0.122. The predicted octanol–water partition coefficient (Wildman–Crippen LogP) is 3.30. The summed E-state index contributed by atoms with van der Waals surface area (Å²) in [5, 5.41) is 3.03. The topological polar surface area (TPSA) is 50.8 Å². The predicted molar refractivity (Wildman–Crippen MR) is 104 cm³/mol. The van der Waals surface area contributed by atoms with Crippen LogP contribution in [-0.4, -0.2) is 37.1 Å². The van der Waals surface area contributed by atoms with Crippen molar-refractivity contribution < 1.29 is 14.3 Å². The lowest BCUT2D eigenvalue weighted by atomic mass is 10.0. The van der Waals surface area contributed by atoms with Gasteiger partial charge >= 0.3 is 0 Å². The maximum Gasteiger partial charge on any atom is 0.234 e. The Bertz CT molecular complexity index is 778. The third kappa shape index (κ3) is 4.42. The van der Waals surface area contributed by atoms with Crippen molar-refractivity contribution in [2.75, 3.05) is 26.3 Å². The van der Waals surface area contributed by atoms with Crippen LogP contribution in [0, 0.1) is 0 Å². The molecule has 2 heterocycles. The summed E-state index contributed by atoms with van der Waals surface area (Å²) in [6, 6.07) is 16.5. The summed E-state index contributed by atoms with van der Waals surface area (Å²) in [4.78, 5) is 14.7. The maximum atomic E-state index is 12.4. The fraction of sp³-hybridized carbons (Fsp3) is 0.409. The molecular weight excluding hydrogens is 340 g/mol. The highest BCUT2D eigenvalue weighted by molar-refractivity contribution is 5.78. The molecule has 27 heavy (non-hydrogen) atoms. The van der Waals surface area contributed by atoms with Crippen LogP contribution in [0.3, 0.4) is 0 Å². The molecule has 1 fully saturated rings. The molecule has 1 amide bonds. The first-order valence-corrected chi connectivity index (χ1v) is 9.74. The smallest absolute Gasteiger partial charge is 0.234 e. The Hall–Kier alpha value is -2.53. The summed E-state index contributed by atoms with van der Waals surface area (Å²) in [6.45, 7) is 3.32. The molecule has 2 aliphatic heterocycles. The molecule has 2 aliphatic rings. The van der Waals surface area contributed by atoms with Gasteiger partial charge in [0.1, 0.15) is 0 Å². The van der Waals surface area contributed by atoms with Gasteiger partial charge in [0.05, 0.1) is 19.8 Å². The monoisotopic (exact) mass is 366 g/mol. The number of fused-ring (bicyclic) bond motifs is 1. The van der Waals surface area contributed by atoms with Crippen LogP contribution in [0.5, 0.6) is 11.5 Å². The molecule has 5 nitrogen and oxygen atoms in total. The Morgan fingerprint density at radius 3 is 2.70 bits per heavy atom. The van der Waals surface area contributed by atoms with E-state index in [0.29, 0.717) is 26.3 Å². The van der Waals surface area contributed by atoms with Crippen LogP contribution in [0.1, 0.15) is 36.4 Å². The summed E-state index contributed by atoms with van der Waals surface area (Å²) in [7, 11) is 0. The lowest BCUT2D eigenvalue weighted by Gasteiger charge is -2.25. The van der Waals surface area contributed by atoms with Crippen molar-refractivity contribution in [2.24, 2.45) is 0 Å². The molecule has 5 heteroatoms. The molecule has 1 saturated heterocycles. The van der Waals surface area contributed by atoms with Crippen LogP contribution >= 0.6 is 0 Å². The molecule has 2 aromatic carbocycles. The largest absolute Gasteiger partial charge is 0.490 e. The average Bonchev–Trinajstić information content (AvgIpc) is 3.02. The summed E-state index contributed by atoms with van der Waals surface area (Å²) in [6.07, 6.45) is 3.07. The van der Waals surface area contributed by atoms with Crippen molar-refractivity contribution in [1.29, 1.82) is 0 Å². The van der Waals surface area contributed by atoms with E-state index in [0.717, 1.165) is 42.9 Å². The first-order valence-electron chi connectivity index (χ1n) is 9.74. The molecule has 0 aliphatic carbocycles. The fourth-order valence-corrected chi connectivity index (χ4v) is 3.82. The van der Waals surface area contributed by atoms with Crippen LogP contribution in [0.25, 0.3) is 0 Å². The minimum Gasteiger partial charge on any atom is -0.490 e. The normalized spacial score (nSPS) is 19.5. The van der Waals surface area contributed by atoms with Crippen molar-refractivity contribution in [2.45, 2.75) is 31.8 Å². The van der Waals surface area contributed by atoms with Gasteiger partial charge in [0.25, 0.3) is 0 Å².